The highest BCUT2D eigenvalue weighted by atomic mass is 31.2. The molecule has 18 heavy (non-hydrogen) atoms. The zero-order valence-corrected chi connectivity index (χ0v) is 11.4. The Kier molecular flexibility index (Phi) is 3.34. The first-order chi connectivity index (χ1) is 8.23. The summed E-state index contributed by atoms with van der Waals surface area (Å²) in [4.78, 5) is 0. The molecule has 0 bridgehead atoms. The predicted molar refractivity (Wildman–Crippen MR) is 66.2 cm³/mol. The number of benzene rings is 1. The molecule has 100 valence electrons. The molecule has 1 aliphatic rings. The molecule has 0 radical (unpaired) electrons. The zero-order valence-electron chi connectivity index (χ0n) is 10.5. The van der Waals surface area contributed by atoms with Crippen LogP contribution in [0.5, 0.6) is 0 Å². The van der Waals surface area contributed by atoms with Gasteiger partial charge in [-0.1, -0.05) is 0 Å². The van der Waals surface area contributed by atoms with E-state index in [4.69, 9.17) is 4.52 Å². The Morgan fingerprint density at radius 3 is 2.39 bits per heavy atom. The molecule has 1 fully saturated rings. The third kappa shape index (κ3) is 2.48. The summed E-state index contributed by atoms with van der Waals surface area (Å²) in [5, 5.41) is 3.23. The molecule has 1 aromatic rings. The molecule has 0 amide bonds. The average Bonchev–Trinajstić information content (AvgIpc) is 2.22. The van der Waals surface area contributed by atoms with Crippen LogP contribution >= 0.6 is 7.37 Å². The van der Waals surface area contributed by atoms with Gasteiger partial charge in [0.15, 0.2) is 0 Å². The van der Waals surface area contributed by atoms with Gasteiger partial charge in [0.1, 0.15) is 11.6 Å². The maximum absolute atomic E-state index is 13.2. The number of nitrogens with one attached hydrogen (secondary N) is 1. The largest absolute Gasteiger partial charge is 0.322 e. The summed E-state index contributed by atoms with van der Waals surface area (Å²) in [6.07, 6.45) is 0. The van der Waals surface area contributed by atoms with Gasteiger partial charge in [-0.15, -0.1) is 0 Å². The summed E-state index contributed by atoms with van der Waals surface area (Å²) in [7, 11) is -3.28. The van der Waals surface area contributed by atoms with Gasteiger partial charge in [0.25, 0.3) is 0 Å². The third-order valence-electron chi connectivity index (χ3n) is 2.93. The first-order valence-electron chi connectivity index (χ1n) is 5.72. The molecule has 0 aromatic heterocycles. The van der Waals surface area contributed by atoms with Gasteiger partial charge in [-0.25, -0.2) is 8.78 Å². The molecule has 6 heteroatoms. The van der Waals surface area contributed by atoms with Crippen molar-refractivity contribution in [2.24, 2.45) is 0 Å². The topological polar surface area (TPSA) is 38.3 Å². The smallest absolute Gasteiger partial charge is 0.248 e. The Bertz CT molecular complexity index is 499. The summed E-state index contributed by atoms with van der Waals surface area (Å²) in [5.41, 5.74) is -0.306. The molecule has 3 nitrogen and oxygen atoms in total. The minimum Gasteiger partial charge on any atom is -0.322 e. The van der Waals surface area contributed by atoms with Crippen molar-refractivity contribution < 1.29 is 17.9 Å². The molecule has 0 aliphatic carbocycles. The van der Waals surface area contributed by atoms with Gasteiger partial charge in [-0.05, 0) is 32.9 Å². The van der Waals surface area contributed by atoms with Crippen LogP contribution in [0.1, 0.15) is 20.8 Å². The highest BCUT2D eigenvalue weighted by molar-refractivity contribution is 7.67. The van der Waals surface area contributed by atoms with Crippen molar-refractivity contribution in [1.29, 1.82) is 0 Å². The summed E-state index contributed by atoms with van der Waals surface area (Å²) in [6.45, 7) is 5.76. The second-order valence-electron chi connectivity index (χ2n) is 5.20. The molecule has 2 atom stereocenters. The number of hydrogen-bond donors (Lipinski definition) is 1. The quantitative estimate of drug-likeness (QED) is 0.801. The molecule has 2 rings (SSSR count). The first-order valence-corrected chi connectivity index (χ1v) is 7.41. The maximum Gasteiger partial charge on any atom is 0.248 e. The van der Waals surface area contributed by atoms with E-state index in [2.05, 4.69) is 5.32 Å². The van der Waals surface area contributed by atoms with E-state index >= 15 is 0 Å². The van der Waals surface area contributed by atoms with Crippen LogP contribution in [0.3, 0.4) is 0 Å². The van der Waals surface area contributed by atoms with E-state index in [0.29, 0.717) is 0 Å². The fourth-order valence-corrected chi connectivity index (χ4v) is 4.54. The van der Waals surface area contributed by atoms with Gasteiger partial charge >= 0.3 is 0 Å². The van der Waals surface area contributed by atoms with Crippen LogP contribution in [-0.4, -0.2) is 17.9 Å². The molecule has 1 saturated heterocycles. The lowest BCUT2D eigenvalue weighted by Crippen LogP contribution is -2.53. The van der Waals surface area contributed by atoms with Crippen LogP contribution in [0, 0.1) is 11.6 Å². The SMILES string of the molecule is C[C@@H]1NC(C)(C)CO[P@]1(=O)c1cc(F)cc(F)c1. The van der Waals surface area contributed by atoms with Gasteiger partial charge in [-0.3, -0.25) is 9.88 Å². The van der Waals surface area contributed by atoms with Gasteiger partial charge in [0.2, 0.25) is 7.37 Å². The van der Waals surface area contributed by atoms with E-state index in [1.54, 1.807) is 6.92 Å². The molecule has 0 unspecified atom stereocenters. The Morgan fingerprint density at radius 2 is 1.89 bits per heavy atom. The van der Waals surface area contributed by atoms with E-state index in [1.807, 2.05) is 13.8 Å². The van der Waals surface area contributed by atoms with E-state index < -0.39 is 24.8 Å². The normalized spacial score (nSPS) is 31.3. The summed E-state index contributed by atoms with van der Waals surface area (Å²) < 4.78 is 44.6. The average molecular weight is 275 g/mol. The van der Waals surface area contributed by atoms with Gasteiger partial charge < -0.3 is 4.52 Å². The highest BCUT2D eigenvalue weighted by Gasteiger charge is 2.42. The van der Waals surface area contributed by atoms with Crippen molar-refractivity contribution in [1.82, 2.24) is 5.32 Å². The molecule has 1 N–H and O–H groups in total. The van der Waals surface area contributed by atoms with Gasteiger partial charge in [0, 0.05) is 16.9 Å². The number of hydrogen-bond acceptors (Lipinski definition) is 3. The molecule has 1 aromatic carbocycles. The van der Waals surface area contributed by atoms with E-state index in [0.717, 1.165) is 18.2 Å². The Hall–Kier alpha value is -0.770. The van der Waals surface area contributed by atoms with E-state index in [1.165, 1.54) is 0 Å². The lowest BCUT2D eigenvalue weighted by molar-refractivity contribution is 0.174. The summed E-state index contributed by atoms with van der Waals surface area (Å²) >= 11 is 0. The Labute approximate surface area is 105 Å². The number of halogens is 2. The fraction of sp³-hybridized carbons (Fsp3) is 0.500. The predicted octanol–water partition coefficient (Wildman–Crippen LogP) is 2.61. The van der Waals surface area contributed by atoms with Gasteiger partial charge in [0.05, 0.1) is 12.4 Å². The third-order valence-corrected chi connectivity index (χ3v) is 5.57. The lowest BCUT2D eigenvalue weighted by atomic mass is 10.1. The van der Waals surface area contributed by atoms with Crippen molar-refractivity contribution in [2.45, 2.75) is 32.1 Å². The second kappa shape index (κ2) is 4.41. The van der Waals surface area contributed by atoms with Crippen molar-refractivity contribution in [3.8, 4) is 0 Å². The van der Waals surface area contributed by atoms with E-state index in [9.17, 15) is 13.3 Å². The summed E-state index contributed by atoms with van der Waals surface area (Å²) in [6, 6.07) is 2.89. The molecule has 1 aliphatic heterocycles. The number of rotatable bonds is 1. The van der Waals surface area contributed by atoms with Crippen molar-refractivity contribution in [3.63, 3.8) is 0 Å². The van der Waals surface area contributed by atoms with Crippen LogP contribution in [-0.2, 0) is 9.09 Å². The van der Waals surface area contributed by atoms with Crippen LogP contribution < -0.4 is 10.6 Å². The van der Waals surface area contributed by atoms with E-state index in [-0.39, 0.29) is 17.5 Å². The van der Waals surface area contributed by atoms with Crippen LogP contribution in [0.4, 0.5) is 8.78 Å². The maximum atomic E-state index is 13.2. The van der Waals surface area contributed by atoms with Crippen LogP contribution in [0.25, 0.3) is 0 Å². The minimum atomic E-state index is -3.28. The molecule has 0 spiro atoms. The zero-order chi connectivity index (χ0) is 13.6. The van der Waals surface area contributed by atoms with Crippen molar-refractivity contribution in [2.75, 3.05) is 6.61 Å². The summed E-state index contributed by atoms with van der Waals surface area (Å²) in [5.74, 6) is -1.98. The fourth-order valence-electron chi connectivity index (χ4n) is 2.08. The second-order valence-corrected chi connectivity index (χ2v) is 7.95. The lowest BCUT2D eigenvalue weighted by Gasteiger charge is -2.40. The first kappa shape index (κ1) is 13.7. The molecule has 1 heterocycles. The highest BCUT2D eigenvalue weighted by Crippen LogP contribution is 2.53. The van der Waals surface area contributed by atoms with Gasteiger partial charge in [-0.2, -0.15) is 0 Å². The Morgan fingerprint density at radius 1 is 1.33 bits per heavy atom. The van der Waals surface area contributed by atoms with Crippen LogP contribution in [0.2, 0.25) is 0 Å². The van der Waals surface area contributed by atoms with Crippen LogP contribution in [0.15, 0.2) is 18.2 Å². The molecule has 0 saturated carbocycles. The van der Waals surface area contributed by atoms with Crippen molar-refractivity contribution >= 4 is 12.7 Å². The molecular weight excluding hydrogens is 259 g/mol. The monoisotopic (exact) mass is 275 g/mol. The standard InChI is InChI=1S/C12H16F2NO2P/c1-8-15-12(2,3)7-17-18(8,16)11-5-9(13)4-10(14)6-11/h4-6,8,15H,7H2,1-3H3/t8-,18+/m1/s1. The van der Waals surface area contributed by atoms with Crippen molar-refractivity contribution in [3.05, 3.63) is 29.8 Å². The Balaban J connectivity index is 2.40. The minimum absolute atomic E-state index is 0.0792. The molecular formula is C12H16F2NO2P.